The number of carbonyl (C=O) groups excluding carboxylic acids is 2. The van der Waals surface area contributed by atoms with E-state index in [1.54, 1.807) is 6.07 Å². The highest BCUT2D eigenvalue weighted by Crippen LogP contribution is 2.44. The van der Waals surface area contributed by atoms with Gasteiger partial charge in [-0.05, 0) is 55.0 Å². The van der Waals surface area contributed by atoms with Crippen LogP contribution in [0.15, 0.2) is 30.3 Å². The highest BCUT2D eigenvalue weighted by molar-refractivity contribution is 6.36. The molecule has 1 unspecified atom stereocenters. The van der Waals surface area contributed by atoms with Crippen molar-refractivity contribution in [2.24, 2.45) is 0 Å². The molecule has 0 saturated carbocycles. The lowest BCUT2D eigenvalue weighted by Crippen LogP contribution is -2.36. The molecule has 0 radical (unpaired) electrons. The number of nitrogens with one attached hydrogen (secondary N) is 1. The van der Waals surface area contributed by atoms with Gasteiger partial charge in [0.05, 0.1) is 17.1 Å². The van der Waals surface area contributed by atoms with Crippen LogP contribution in [-0.2, 0) is 23.2 Å². The molecular formula is C20H17Cl2NO3. The van der Waals surface area contributed by atoms with Crippen LogP contribution in [-0.4, -0.2) is 16.8 Å². The Morgan fingerprint density at radius 2 is 1.85 bits per heavy atom. The average Bonchev–Trinajstić information content (AvgIpc) is 2.84. The minimum Gasteiger partial charge on any atom is -0.375 e. The first-order valence-electron chi connectivity index (χ1n) is 8.57. The smallest absolute Gasteiger partial charge is 0.261 e. The normalized spacial score (nSPS) is 21.1. The minimum atomic E-state index is -2.00. The van der Waals surface area contributed by atoms with E-state index in [-0.39, 0.29) is 22.8 Å². The Hall–Kier alpha value is -1.88. The fourth-order valence-electron chi connectivity index (χ4n) is 3.84. The maximum atomic E-state index is 12.8. The van der Waals surface area contributed by atoms with E-state index in [1.807, 2.05) is 12.1 Å². The number of halogens is 2. The van der Waals surface area contributed by atoms with E-state index in [4.69, 9.17) is 23.2 Å². The molecule has 0 aromatic heterocycles. The summed E-state index contributed by atoms with van der Waals surface area (Å²) in [6.45, 7) is 0. The molecule has 4 rings (SSSR count). The zero-order valence-electron chi connectivity index (χ0n) is 13.9. The van der Waals surface area contributed by atoms with Gasteiger partial charge in [-0.1, -0.05) is 35.3 Å². The minimum absolute atomic E-state index is 0.159. The maximum absolute atomic E-state index is 12.8. The summed E-state index contributed by atoms with van der Waals surface area (Å²) < 4.78 is 0. The molecule has 26 heavy (non-hydrogen) atoms. The van der Waals surface area contributed by atoms with Gasteiger partial charge in [-0.15, -0.1) is 0 Å². The first-order chi connectivity index (χ1) is 12.4. The fourth-order valence-corrected chi connectivity index (χ4v) is 4.49. The lowest BCUT2D eigenvalue weighted by molar-refractivity contribution is -0.133. The van der Waals surface area contributed by atoms with Crippen molar-refractivity contribution in [1.29, 1.82) is 0 Å². The van der Waals surface area contributed by atoms with Gasteiger partial charge in [-0.2, -0.15) is 0 Å². The average molecular weight is 390 g/mol. The molecule has 6 heteroatoms. The topological polar surface area (TPSA) is 66.4 Å². The highest BCUT2D eigenvalue weighted by Gasteiger charge is 2.48. The first-order valence-corrected chi connectivity index (χ1v) is 9.32. The third kappa shape index (κ3) is 2.82. The van der Waals surface area contributed by atoms with Gasteiger partial charge >= 0.3 is 0 Å². The van der Waals surface area contributed by atoms with Crippen LogP contribution in [0.3, 0.4) is 0 Å². The monoisotopic (exact) mass is 389 g/mol. The number of Topliss-reactive ketones (excluding diaryl/α,β-unsaturated/α-hetero) is 1. The van der Waals surface area contributed by atoms with Crippen LogP contribution in [0.2, 0.25) is 10.0 Å². The van der Waals surface area contributed by atoms with Crippen molar-refractivity contribution in [2.45, 2.75) is 37.7 Å². The fraction of sp³-hybridized carbons (Fsp3) is 0.300. The number of aliphatic hydroxyl groups is 1. The number of carbonyl (C=O) groups is 2. The SMILES string of the molecule is O=C(CC1(O)C(=O)Nc2cc(Cl)cc(Cl)c21)c1ccc2c(c1)CCCC2. The molecule has 0 spiro atoms. The van der Waals surface area contributed by atoms with E-state index >= 15 is 0 Å². The number of aryl methyl sites for hydroxylation is 2. The van der Waals surface area contributed by atoms with Gasteiger partial charge in [-0.3, -0.25) is 9.59 Å². The Kier molecular flexibility index (Phi) is 4.30. The molecular weight excluding hydrogens is 373 g/mol. The van der Waals surface area contributed by atoms with Crippen LogP contribution in [0.25, 0.3) is 0 Å². The van der Waals surface area contributed by atoms with Crippen LogP contribution in [0, 0.1) is 0 Å². The highest BCUT2D eigenvalue weighted by atomic mass is 35.5. The zero-order chi connectivity index (χ0) is 18.5. The van der Waals surface area contributed by atoms with Gasteiger partial charge in [-0.25, -0.2) is 0 Å². The first kappa shape index (κ1) is 17.5. The molecule has 1 heterocycles. The molecule has 2 aromatic carbocycles. The van der Waals surface area contributed by atoms with Crippen molar-refractivity contribution in [1.82, 2.24) is 0 Å². The molecule has 1 amide bonds. The van der Waals surface area contributed by atoms with Crippen LogP contribution in [0.1, 0.15) is 46.3 Å². The van der Waals surface area contributed by atoms with E-state index < -0.39 is 11.5 Å². The summed E-state index contributed by atoms with van der Waals surface area (Å²) >= 11 is 12.2. The van der Waals surface area contributed by atoms with Crippen molar-refractivity contribution in [3.8, 4) is 0 Å². The zero-order valence-corrected chi connectivity index (χ0v) is 15.5. The molecule has 1 aliphatic carbocycles. The molecule has 2 N–H and O–H groups in total. The summed E-state index contributed by atoms with van der Waals surface area (Å²) in [5.41, 5.74) is 1.51. The third-order valence-electron chi connectivity index (χ3n) is 5.18. The summed E-state index contributed by atoms with van der Waals surface area (Å²) in [5.74, 6) is -0.960. The predicted molar refractivity (Wildman–Crippen MR) is 101 cm³/mol. The summed E-state index contributed by atoms with van der Waals surface area (Å²) in [6.07, 6.45) is 3.89. The third-order valence-corrected chi connectivity index (χ3v) is 5.70. The van der Waals surface area contributed by atoms with Crippen molar-refractivity contribution in [3.05, 3.63) is 62.6 Å². The Morgan fingerprint density at radius 1 is 1.12 bits per heavy atom. The quantitative estimate of drug-likeness (QED) is 0.769. The van der Waals surface area contributed by atoms with Crippen LogP contribution >= 0.6 is 23.2 Å². The van der Waals surface area contributed by atoms with Gasteiger partial charge in [0, 0.05) is 16.1 Å². The second-order valence-corrected chi connectivity index (χ2v) is 7.76. The van der Waals surface area contributed by atoms with E-state index in [0.717, 1.165) is 25.7 Å². The lowest BCUT2D eigenvalue weighted by atomic mass is 9.85. The van der Waals surface area contributed by atoms with Crippen molar-refractivity contribution >= 4 is 40.6 Å². The Morgan fingerprint density at radius 3 is 2.62 bits per heavy atom. The number of anilines is 1. The lowest BCUT2D eigenvalue weighted by Gasteiger charge is -2.22. The second kappa shape index (κ2) is 6.38. The van der Waals surface area contributed by atoms with Crippen molar-refractivity contribution < 1.29 is 14.7 Å². The van der Waals surface area contributed by atoms with Crippen molar-refractivity contribution in [2.75, 3.05) is 5.32 Å². The number of benzene rings is 2. The van der Waals surface area contributed by atoms with E-state index in [9.17, 15) is 14.7 Å². The summed E-state index contributed by atoms with van der Waals surface area (Å²) in [5, 5.41) is 14.1. The van der Waals surface area contributed by atoms with Gasteiger partial charge < -0.3 is 10.4 Å². The summed E-state index contributed by atoms with van der Waals surface area (Å²) in [4.78, 5) is 25.2. The van der Waals surface area contributed by atoms with Gasteiger partial charge in [0.1, 0.15) is 0 Å². The molecule has 0 saturated heterocycles. The van der Waals surface area contributed by atoms with Crippen LogP contribution < -0.4 is 5.32 Å². The molecule has 2 aromatic rings. The molecule has 134 valence electrons. The maximum Gasteiger partial charge on any atom is 0.261 e. The predicted octanol–water partition coefficient (Wildman–Crippen LogP) is 4.28. The molecule has 4 nitrogen and oxygen atoms in total. The number of hydrogen-bond acceptors (Lipinski definition) is 3. The standard InChI is InChI=1S/C20H17Cl2NO3/c21-14-8-15(22)18-16(9-14)23-19(25)20(18,26)10-17(24)13-6-5-11-3-1-2-4-12(11)7-13/h5-9,26H,1-4,10H2,(H,23,25). The number of hydrogen-bond donors (Lipinski definition) is 2. The summed E-state index contributed by atoms with van der Waals surface area (Å²) in [6, 6.07) is 8.60. The molecule has 0 fully saturated rings. The van der Waals surface area contributed by atoms with E-state index in [1.165, 1.54) is 23.3 Å². The van der Waals surface area contributed by atoms with Crippen LogP contribution in [0.4, 0.5) is 5.69 Å². The van der Waals surface area contributed by atoms with E-state index in [2.05, 4.69) is 5.32 Å². The molecule has 2 aliphatic rings. The van der Waals surface area contributed by atoms with Gasteiger partial charge in [0.2, 0.25) is 0 Å². The Bertz CT molecular complexity index is 941. The van der Waals surface area contributed by atoms with E-state index in [0.29, 0.717) is 16.3 Å². The number of fused-ring (bicyclic) bond motifs is 2. The Labute approximate surface area is 161 Å². The number of amides is 1. The number of ketones is 1. The van der Waals surface area contributed by atoms with Gasteiger partial charge in [0.25, 0.3) is 5.91 Å². The Balaban J connectivity index is 1.67. The van der Waals surface area contributed by atoms with Crippen molar-refractivity contribution in [3.63, 3.8) is 0 Å². The molecule has 0 bridgehead atoms. The molecule has 1 atom stereocenters. The van der Waals surface area contributed by atoms with Crippen LogP contribution in [0.5, 0.6) is 0 Å². The molecule has 1 aliphatic heterocycles. The second-order valence-electron chi connectivity index (χ2n) is 6.92. The largest absolute Gasteiger partial charge is 0.375 e. The number of rotatable bonds is 3. The van der Waals surface area contributed by atoms with Gasteiger partial charge in [0.15, 0.2) is 11.4 Å². The summed E-state index contributed by atoms with van der Waals surface area (Å²) in [7, 11) is 0.